The predicted octanol–water partition coefficient (Wildman–Crippen LogP) is 3.21. The first-order valence-electron chi connectivity index (χ1n) is 10.1. The van der Waals surface area contributed by atoms with Crippen molar-refractivity contribution in [3.8, 4) is 11.4 Å². The number of anilines is 1. The Morgan fingerprint density at radius 3 is 2.90 bits per heavy atom. The number of halogens is 1. The molecule has 3 aromatic rings. The average Bonchev–Trinajstić information content (AvgIpc) is 3.28. The first kappa shape index (κ1) is 18.8. The molecule has 1 N–H and O–H groups in total. The first-order chi connectivity index (χ1) is 14.4. The van der Waals surface area contributed by atoms with Gasteiger partial charge in [0.2, 0.25) is 0 Å². The lowest BCUT2D eigenvalue weighted by Crippen LogP contribution is -2.58. The molecule has 1 amide bonds. The number of ether oxygens (including phenoxy) is 1. The summed E-state index contributed by atoms with van der Waals surface area (Å²) in [6.07, 6.45) is 1.39. The van der Waals surface area contributed by atoms with Gasteiger partial charge in [0.25, 0.3) is 0 Å². The van der Waals surface area contributed by atoms with Crippen LogP contribution in [0.3, 0.4) is 0 Å². The minimum atomic E-state index is -0.581. The number of aromatic nitrogens is 4. The number of hydrogen-bond donors (Lipinski definition) is 1. The van der Waals surface area contributed by atoms with Crippen molar-refractivity contribution in [3.63, 3.8) is 0 Å². The van der Waals surface area contributed by atoms with Gasteiger partial charge in [-0.15, -0.1) is 0 Å². The van der Waals surface area contributed by atoms with Crippen LogP contribution >= 0.6 is 0 Å². The van der Waals surface area contributed by atoms with Crippen molar-refractivity contribution < 1.29 is 13.9 Å². The molecule has 2 unspecified atom stereocenters. The smallest absolute Gasteiger partial charge is 0.410 e. The zero-order valence-corrected chi connectivity index (χ0v) is 17.1. The van der Waals surface area contributed by atoms with E-state index in [9.17, 15) is 9.18 Å². The monoisotopic (exact) mass is 410 g/mol. The molecule has 3 aromatic heterocycles. The third kappa shape index (κ3) is 2.72. The Hall–Kier alpha value is -3.23. The fourth-order valence-electron chi connectivity index (χ4n) is 4.33. The number of nitrogens with zero attached hydrogens (tertiary/aromatic N) is 5. The SMILES string of the molecule is CC(C)C1(C)OC(=O)N2CCN(c3ccc(F)c(-c4n[nH]c5ncccc45)n3)CC21. The Morgan fingerprint density at radius 2 is 2.10 bits per heavy atom. The van der Waals surface area contributed by atoms with Crippen molar-refractivity contribution >= 4 is 22.9 Å². The van der Waals surface area contributed by atoms with Crippen LogP contribution in [0.25, 0.3) is 22.4 Å². The molecule has 2 fully saturated rings. The maximum atomic E-state index is 14.7. The third-order valence-electron chi connectivity index (χ3n) is 6.45. The highest BCUT2D eigenvalue weighted by Crippen LogP contribution is 2.38. The molecule has 156 valence electrons. The number of amides is 1. The van der Waals surface area contributed by atoms with E-state index in [0.717, 1.165) is 0 Å². The van der Waals surface area contributed by atoms with E-state index in [2.05, 4.69) is 38.9 Å². The quantitative estimate of drug-likeness (QED) is 0.713. The molecule has 0 saturated carbocycles. The van der Waals surface area contributed by atoms with Gasteiger partial charge in [0.05, 0.1) is 6.04 Å². The lowest BCUT2D eigenvalue weighted by Gasteiger charge is -2.42. The number of pyridine rings is 2. The molecule has 5 rings (SSSR count). The molecular weight excluding hydrogens is 387 g/mol. The highest BCUT2D eigenvalue weighted by atomic mass is 19.1. The topological polar surface area (TPSA) is 87.2 Å². The number of hydrogen-bond acceptors (Lipinski definition) is 6. The Morgan fingerprint density at radius 1 is 1.27 bits per heavy atom. The summed E-state index contributed by atoms with van der Waals surface area (Å²) in [6.45, 7) is 7.80. The molecule has 2 atom stereocenters. The summed E-state index contributed by atoms with van der Waals surface area (Å²) in [6, 6.07) is 6.62. The second-order valence-electron chi connectivity index (χ2n) is 8.33. The molecule has 2 saturated heterocycles. The van der Waals surface area contributed by atoms with Crippen LogP contribution in [0.4, 0.5) is 15.0 Å². The number of carbonyl (C=O) groups is 1. The van der Waals surface area contributed by atoms with E-state index in [4.69, 9.17) is 4.74 Å². The van der Waals surface area contributed by atoms with E-state index < -0.39 is 11.4 Å². The number of fused-ring (bicyclic) bond motifs is 2. The van der Waals surface area contributed by atoms with Gasteiger partial charge in [-0.1, -0.05) is 13.8 Å². The molecule has 0 spiro atoms. The molecule has 2 aliphatic rings. The Labute approximate surface area is 173 Å². The molecule has 0 radical (unpaired) electrons. The van der Waals surface area contributed by atoms with Crippen molar-refractivity contribution in [1.82, 2.24) is 25.1 Å². The predicted molar refractivity (Wildman–Crippen MR) is 110 cm³/mol. The molecule has 30 heavy (non-hydrogen) atoms. The van der Waals surface area contributed by atoms with Crippen LogP contribution in [-0.4, -0.2) is 62.4 Å². The number of rotatable bonds is 3. The normalized spacial score (nSPS) is 23.9. The van der Waals surface area contributed by atoms with Gasteiger partial charge in [0, 0.05) is 31.2 Å². The van der Waals surface area contributed by atoms with Crippen LogP contribution in [0.2, 0.25) is 0 Å². The van der Waals surface area contributed by atoms with E-state index in [1.807, 2.05) is 13.0 Å². The van der Waals surface area contributed by atoms with Gasteiger partial charge in [-0.2, -0.15) is 5.10 Å². The van der Waals surface area contributed by atoms with Crippen molar-refractivity contribution in [1.29, 1.82) is 0 Å². The van der Waals surface area contributed by atoms with Crippen LogP contribution in [0, 0.1) is 11.7 Å². The summed E-state index contributed by atoms with van der Waals surface area (Å²) in [5, 5.41) is 7.79. The number of nitrogens with one attached hydrogen (secondary N) is 1. The van der Waals surface area contributed by atoms with Crippen LogP contribution in [0.1, 0.15) is 20.8 Å². The van der Waals surface area contributed by atoms with Crippen molar-refractivity contribution in [2.45, 2.75) is 32.4 Å². The Bertz CT molecular complexity index is 1130. The van der Waals surface area contributed by atoms with Gasteiger partial charge in [-0.3, -0.25) is 10.00 Å². The first-order valence-corrected chi connectivity index (χ1v) is 10.1. The largest absolute Gasteiger partial charge is 0.441 e. The van der Waals surface area contributed by atoms with Gasteiger partial charge in [-0.05, 0) is 37.1 Å². The summed E-state index contributed by atoms with van der Waals surface area (Å²) in [4.78, 5) is 25.1. The molecule has 5 heterocycles. The maximum Gasteiger partial charge on any atom is 0.410 e. The van der Waals surface area contributed by atoms with Gasteiger partial charge in [0.1, 0.15) is 22.8 Å². The molecular formula is C21H23FN6O2. The van der Waals surface area contributed by atoms with E-state index >= 15 is 0 Å². The number of piperazine rings is 1. The standard InChI is InChI=1S/C21H23FN6O2/c1-12(2)21(3)15-11-27(9-10-28(15)20(29)30-21)16-7-6-14(22)18(24-16)17-13-5-4-8-23-19(13)26-25-17/h4-8,12,15H,9-11H2,1-3H3,(H,23,25,26). The van der Waals surface area contributed by atoms with Crippen molar-refractivity contribution in [3.05, 3.63) is 36.3 Å². The summed E-state index contributed by atoms with van der Waals surface area (Å²) >= 11 is 0. The maximum absolute atomic E-state index is 14.7. The van der Waals surface area contributed by atoms with Crippen LogP contribution in [-0.2, 0) is 4.74 Å². The molecule has 8 nitrogen and oxygen atoms in total. The summed E-state index contributed by atoms with van der Waals surface area (Å²) < 4.78 is 20.4. The Balaban J connectivity index is 1.50. The molecule has 0 aliphatic carbocycles. The third-order valence-corrected chi connectivity index (χ3v) is 6.45. The Kier molecular flexibility index (Phi) is 4.16. The van der Waals surface area contributed by atoms with Gasteiger partial charge in [0.15, 0.2) is 11.5 Å². The molecule has 0 bridgehead atoms. The lowest BCUT2D eigenvalue weighted by atomic mass is 9.84. The fraction of sp³-hybridized carbons (Fsp3) is 0.429. The average molecular weight is 410 g/mol. The van der Waals surface area contributed by atoms with E-state index in [1.54, 1.807) is 23.2 Å². The highest BCUT2D eigenvalue weighted by Gasteiger charge is 2.54. The number of carbonyl (C=O) groups excluding carboxylic acids is 1. The van der Waals surface area contributed by atoms with Gasteiger partial charge < -0.3 is 9.64 Å². The lowest BCUT2D eigenvalue weighted by molar-refractivity contribution is 0.0103. The number of cyclic esters (lactones) is 1. The second kappa shape index (κ2) is 6.65. The number of aromatic amines is 1. The fourth-order valence-corrected chi connectivity index (χ4v) is 4.33. The zero-order chi connectivity index (χ0) is 21.0. The molecule has 9 heteroatoms. The molecule has 0 aromatic carbocycles. The zero-order valence-electron chi connectivity index (χ0n) is 17.1. The highest BCUT2D eigenvalue weighted by molar-refractivity contribution is 5.89. The van der Waals surface area contributed by atoms with Crippen LogP contribution < -0.4 is 4.90 Å². The number of H-pyrrole nitrogens is 1. The van der Waals surface area contributed by atoms with Crippen molar-refractivity contribution in [2.75, 3.05) is 24.5 Å². The van der Waals surface area contributed by atoms with Gasteiger partial charge >= 0.3 is 6.09 Å². The van der Waals surface area contributed by atoms with Crippen LogP contribution in [0.5, 0.6) is 0 Å². The summed E-state index contributed by atoms with van der Waals surface area (Å²) in [7, 11) is 0. The van der Waals surface area contributed by atoms with E-state index in [-0.39, 0.29) is 23.7 Å². The van der Waals surface area contributed by atoms with E-state index in [1.165, 1.54) is 6.07 Å². The van der Waals surface area contributed by atoms with Crippen LogP contribution in [0.15, 0.2) is 30.5 Å². The summed E-state index contributed by atoms with van der Waals surface area (Å²) in [5.41, 5.74) is 0.618. The van der Waals surface area contributed by atoms with Gasteiger partial charge in [-0.25, -0.2) is 19.2 Å². The summed E-state index contributed by atoms with van der Waals surface area (Å²) in [5.74, 6) is 0.369. The van der Waals surface area contributed by atoms with Crippen molar-refractivity contribution in [2.24, 2.45) is 5.92 Å². The minimum absolute atomic E-state index is 0.0931. The van der Waals surface area contributed by atoms with E-state index in [0.29, 0.717) is 42.2 Å². The second-order valence-corrected chi connectivity index (χ2v) is 8.33. The minimum Gasteiger partial charge on any atom is -0.441 e. The molecule has 2 aliphatic heterocycles.